The van der Waals surface area contributed by atoms with Gasteiger partial charge >= 0.3 is 5.97 Å². The van der Waals surface area contributed by atoms with Gasteiger partial charge in [-0.3, -0.25) is 19.7 Å². The number of para-hydroxylation sites is 1. The molecule has 7 nitrogen and oxygen atoms in total. The van der Waals surface area contributed by atoms with Crippen LogP contribution in [0.4, 0.5) is 5.69 Å². The Labute approximate surface area is 241 Å². The Hall–Kier alpha value is -3.87. The molecule has 216 valence electrons. The van der Waals surface area contributed by atoms with Crippen LogP contribution in [-0.2, 0) is 19.1 Å². The van der Waals surface area contributed by atoms with Crippen molar-refractivity contribution in [2.75, 3.05) is 6.61 Å². The second kappa shape index (κ2) is 12.8. The molecule has 3 aliphatic rings. The fraction of sp³-hybridized carbons (Fsp3) is 0.441. The van der Waals surface area contributed by atoms with Crippen molar-refractivity contribution >= 4 is 29.8 Å². The standard InChI is InChI=1S/C34H39NO6/c1-22(21-41-32(38)15-13-25-10-5-6-11-30(25)35(39)40)8-7-9-23(2)27-16-17-34(4)19-28-24(3)18-31(37)33(28)26(20-36)12-14-29(27)34/h5-13,15,18,20,23,27-29,33H,14,16-17,19,21H2,1-4H3/b9-7-,15-13+,22-8-,26-12-/t23-,27+,28+,29-,33-,34+/m0/s1. The summed E-state index contributed by atoms with van der Waals surface area (Å²) in [7, 11) is 0. The first-order valence-corrected chi connectivity index (χ1v) is 14.3. The summed E-state index contributed by atoms with van der Waals surface area (Å²) in [6.45, 7) is 8.64. The Morgan fingerprint density at radius 1 is 1.29 bits per heavy atom. The summed E-state index contributed by atoms with van der Waals surface area (Å²) in [5, 5.41) is 11.1. The van der Waals surface area contributed by atoms with E-state index in [2.05, 4.69) is 19.9 Å². The van der Waals surface area contributed by atoms with Gasteiger partial charge in [0.05, 0.1) is 16.4 Å². The molecule has 0 spiro atoms. The molecule has 7 heteroatoms. The zero-order valence-electron chi connectivity index (χ0n) is 24.2. The Balaban J connectivity index is 1.36. The summed E-state index contributed by atoms with van der Waals surface area (Å²) in [5.74, 6) is 0.531. The molecule has 0 unspecified atom stereocenters. The van der Waals surface area contributed by atoms with Crippen molar-refractivity contribution in [3.8, 4) is 0 Å². The van der Waals surface area contributed by atoms with Crippen LogP contribution in [0.15, 0.2) is 77.4 Å². The van der Waals surface area contributed by atoms with Crippen LogP contribution in [0.25, 0.3) is 6.08 Å². The molecule has 0 radical (unpaired) electrons. The molecule has 1 aromatic rings. The normalized spacial score (nSPS) is 30.1. The van der Waals surface area contributed by atoms with Crippen LogP contribution in [0.3, 0.4) is 0 Å². The number of hydrogen-bond acceptors (Lipinski definition) is 6. The smallest absolute Gasteiger partial charge is 0.331 e. The number of ether oxygens (including phenoxy) is 1. The number of esters is 1. The number of rotatable bonds is 9. The van der Waals surface area contributed by atoms with Crippen molar-refractivity contribution in [3.05, 3.63) is 93.1 Å². The predicted molar refractivity (Wildman–Crippen MR) is 159 cm³/mol. The molecule has 0 aromatic heterocycles. The van der Waals surface area contributed by atoms with Crippen LogP contribution < -0.4 is 0 Å². The van der Waals surface area contributed by atoms with Gasteiger partial charge in [0.25, 0.3) is 5.69 Å². The second-order valence-corrected chi connectivity index (χ2v) is 12.1. The van der Waals surface area contributed by atoms with E-state index < -0.39 is 10.9 Å². The first kappa shape index (κ1) is 30.1. The molecule has 0 heterocycles. The molecule has 6 atom stereocenters. The van der Waals surface area contributed by atoms with Crippen LogP contribution in [0.5, 0.6) is 0 Å². The molecular weight excluding hydrogens is 518 g/mol. The minimum atomic E-state index is -0.568. The minimum Gasteiger partial charge on any atom is -0.458 e. The number of nitro benzene ring substituents is 1. The lowest BCUT2D eigenvalue weighted by Crippen LogP contribution is -2.34. The fourth-order valence-electron chi connectivity index (χ4n) is 7.09. The highest BCUT2D eigenvalue weighted by molar-refractivity contribution is 6.01. The molecule has 4 rings (SSSR count). The Morgan fingerprint density at radius 3 is 2.78 bits per heavy atom. The van der Waals surface area contributed by atoms with Gasteiger partial charge in [-0.05, 0) is 98.0 Å². The minimum absolute atomic E-state index is 0.0705. The van der Waals surface area contributed by atoms with Crippen LogP contribution in [0.1, 0.15) is 58.9 Å². The van der Waals surface area contributed by atoms with Crippen LogP contribution in [0, 0.1) is 45.1 Å². The summed E-state index contributed by atoms with van der Waals surface area (Å²) in [4.78, 5) is 47.4. The number of carbonyl (C=O) groups is 3. The van der Waals surface area contributed by atoms with E-state index in [9.17, 15) is 24.5 Å². The maximum atomic E-state index is 12.7. The van der Waals surface area contributed by atoms with Crippen LogP contribution in [-0.4, -0.2) is 29.6 Å². The van der Waals surface area contributed by atoms with E-state index in [0.29, 0.717) is 28.9 Å². The van der Waals surface area contributed by atoms with Gasteiger partial charge in [0.2, 0.25) is 0 Å². The lowest BCUT2D eigenvalue weighted by Gasteiger charge is -2.40. The number of nitro groups is 1. The lowest BCUT2D eigenvalue weighted by molar-refractivity contribution is -0.385. The second-order valence-electron chi connectivity index (χ2n) is 12.1. The SMILES string of the molecule is CC1=CC(=O)[C@H]2/C(C=O)=C\C[C@H]3[C@@H]([C@@H](C)/C=C\C=C(\C)COC(=O)/C=C/c4ccccc4[N+](=O)[O-])CC[C@]3(C)C[C@H]12. The van der Waals surface area contributed by atoms with E-state index in [-0.39, 0.29) is 35.3 Å². The first-order valence-electron chi connectivity index (χ1n) is 14.3. The molecule has 0 bridgehead atoms. The molecule has 1 aromatic carbocycles. The van der Waals surface area contributed by atoms with Gasteiger partial charge in [0.15, 0.2) is 5.78 Å². The zero-order valence-corrected chi connectivity index (χ0v) is 24.2. The zero-order chi connectivity index (χ0) is 29.7. The topological polar surface area (TPSA) is 104 Å². The third kappa shape index (κ3) is 6.72. The third-order valence-corrected chi connectivity index (χ3v) is 9.36. The third-order valence-electron chi connectivity index (χ3n) is 9.36. The number of carbonyl (C=O) groups excluding carboxylic acids is 3. The van der Waals surface area contributed by atoms with Gasteiger partial charge in [-0.25, -0.2) is 4.79 Å². The van der Waals surface area contributed by atoms with E-state index in [4.69, 9.17) is 4.74 Å². The van der Waals surface area contributed by atoms with Gasteiger partial charge in [0.1, 0.15) is 12.9 Å². The summed E-state index contributed by atoms with van der Waals surface area (Å²) in [5.41, 5.74) is 3.01. The Morgan fingerprint density at radius 2 is 2.05 bits per heavy atom. The molecule has 41 heavy (non-hydrogen) atoms. The molecule has 0 aliphatic heterocycles. The summed E-state index contributed by atoms with van der Waals surface area (Å²) >= 11 is 0. The number of aldehydes is 1. The maximum absolute atomic E-state index is 12.7. The van der Waals surface area contributed by atoms with E-state index in [1.54, 1.807) is 24.3 Å². The highest BCUT2D eigenvalue weighted by Crippen LogP contribution is 2.58. The fourth-order valence-corrected chi connectivity index (χ4v) is 7.09. The van der Waals surface area contributed by atoms with Crippen molar-refractivity contribution in [1.82, 2.24) is 0 Å². The van der Waals surface area contributed by atoms with Crippen molar-refractivity contribution < 1.29 is 24.0 Å². The van der Waals surface area contributed by atoms with Crippen molar-refractivity contribution in [1.29, 1.82) is 0 Å². The summed E-state index contributed by atoms with van der Waals surface area (Å²) in [6, 6.07) is 6.21. The largest absolute Gasteiger partial charge is 0.458 e. The van der Waals surface area contributed by atoms with Crippen molar-refractivity contribution in [2.24, 2.45) is 35.0 Å². The van der Waals surface area contributed by atoms with Crippen molar-refractivity contribution in [2.45, 2.75) is 53.4 Å². The molecule has 0 saturated heterocycles. The predicted octanol–water partition coefficient (Wildman–Crippen LogP) is 7.00. The van der Waals surface area contributed by atoms with Crippen molar-refractivity contribution in [3.63, 3.8) is 0 Å². The summed E-state index contributed by atoms with van der Waals surface area (Å²) < 4.78 is 5.30. The Kier molecular flexibility index (Phi) is 9.36. The molecule has 3 aliphatic carbocycles. The highest BCUT2D eigenvalue weighted by Gasteiger charge is 2.50. The number of benzene rings is 1. The number of allylic oxidation sites excluding steroid dienone is 7. The maximum Gasteiger partial charge on any atom is 0.331 e. The molecular formula is C34H39NO6. The number of nitrogens with zero attached hydrogens (tertiary/aromatic N) is 1. The van der Waals surface area contributed by atoms with Crippen LogP contribution >= 0.6 is 0 Å². The average Bonchev–Trinajstić information content (AvgIpc) is 3.39. The number of hydrogen-bond donors (Lipinski definition) is 0. The molecule has 0 N–H and O–H groups in total. The number of fused-ring (bicyclic) bond motifs is 2. The van der Waals surface area contributed by atoms with E-state index in [1.165, 1.54) is 18.2 Å². The monoisotopic (exact) mass is 557 g/mol. The first-order chi connectivity index (χ1) is 19.5. The van der Waals surface area contributed by atoms with E-state index in [0.717, 1.165) is 43.1 Å². The van der Waals surface area contributed by atoms with Gasteiger partial charge in [-0.2, -0.15) is 0 Å². The molecule has 1 fully saturated rings. The van der Waals surface area contributed by atoms with Gasteiger partial charge < -0.3 is 4.74 Å². The highest BCUT2D eigenvalue weighted by atomic mass is 16.6. The molecule has 1 saturated carbocycles. The lowest BCUT2D eigenvalue weighted by atomic mass is 9.63. The van der Waals surface area contributed by atoms with Crippen LogP contribution in [0.2, 0.25) is 0 Å². The van der Waals surface area contributed by atoms with E-state index in [1.807, 2.05) is 32.1 Å². The van der Waals surface area contributed by atoms with Gasteiger partial charge in [-0.1, -0.05) is 55.9 Å². The molecule has 0 amide bonds. The summed E-state index contributed by atoms with van der Waals surface area (Å²) in [6.07, 6.45) is 17.4. The quantitative estimate of drug-likeness (QED) is 0.0808. The van der Waals surface area contributed by atoms with Gasteiger partial charge in [-0.15, -0.1) is 0 Å². The van der Waals surface area contributed by atoms with Gasteiger partial charge in [0, 0.05) is 12.1 Å². The number of ketones is 1. The van der Waals surface area contributed by atoms with E-state index >= 15 is 0 Å². The Bertz CT molecular complexity index is 1360. The average molecular weight is 558 g/mol.